The largest absolute Gasteiger partial charge is 0.495 e. The minimum atomic E-state index is -4.59. The number of benzene rings is 2. The molecule has 1 unspecified atom stereocenters. The lowest BCUT2D eigenvalue weighted by Gasteiger charge is -2.38. The summed E-state index contributed by atoms with van der Waals surface area (Å²) < 4.78 is 56.5. The number of nitrogens with zero attached hydrogens (tertiary/aromatic N) is 1. The SMILES string of the molecule is COc1cn(C(CCOC2(C)CCC2)C(=O)Cc2ccc(C(=O)O)cc2)c(=O)cc1-c1cc(Cl)ccc1OCC(F)(F)F. The Morgan fingerprint density at radius 3 is 2.33 bits per heavy atom. The number of carbonyl (C=O) groups is 2. The van der Waals surface area contributed by atoms with Gasteiger partial charge in [0, 0.05) is 35.2 Å². The average Bonchev–Trinajstić information content (AvgIpc) is 2.93. The molecule has 8 nitrogen and oxygen atoms in total. The molecule has 1 aliphatic rings. The number of carboxylic acids is 1. The van der Waals surface area contributed by atoms with E-state index in [0.29, 0.717) is 5.56 Å². The van der Waals surface area contributed by atoms with Crippen LogP contribution in [0.15, 0.2) is 59.5 Å². The zero-order valence-electron chi connectivity index (χ0n) is 23.6. The highest BCUT2D eigenvalue weighted by atomic mass is 35.5. The van der Waals surface area contributed by atoms with Crippen molar-refractivity contribution >= 4 is 23.4 Å². The molecule has 1 saturated carbocycles. The highest BCUT2D eigenvalue weighted by Gasteiger charge is 2.34. The summed E-state index contributed by atoms with van der Waals surface area (Å²) in [4.78, 5) is 38.4. The molecular weight excluding hydrogens is 591 g/mol. The predicted molar refractivity (Wildman–Crippen MR) is 153 cm³/mol. The van der Waals surface area contributed by atoms with Gasteiger partial charge in [-0.05, 0) is 68.5 Å². The molecule has 1 fully saturated rings. The number of ether oxygens (including phenoxy) is 3. The second kappa shape index (κ2) is 13.2. The van der Waals surface area contributed by atoms with Crippen molar-refractivity contribution in [2.45, 2.75) is 56.8 Å². The van der Waals surface area contributed by atoms with Gasteiger partial charge in [-0.2, -0.15) is 13.2 Å². The first-order valence-corrected chi connectivity index (χ1v) is 13.9. The topological polar surface area (TPSA) is 104 Å². The Morgan fingerprint density at radius 1 is 1.07 bits per heavy atom. The summed E-state index contributed by atoms with van der Waals surface area (Å²) in [7, 11) is 1.33. The number of methoxy groups -OCH3 is 1. The second-order valence-corrected chi connectivity index (χ2v) is 11.1. The maximum atomic E-state index is 13.6. The molecule has 0 amide bonds. The van der Waals surface area contributed by atoms with Crippen LogP contribution in [-0.2, 0) is 16.0 Å². The third-order valence-electron chi connectivity index (χ3n) is 7.43. The molecule has 2 aromatic carbocycles. The Labute approximate surface area is 250 Å². The van der Waals surface area contributed by atoms with E-state index < -0.39 is 30.4 Å². The number of aromatic nitrogens is 1. The normalized spacial score (nSPS) is 14.9. The number of carbonyl (C=O) groups excluding carboxylic acids is 1. The summed E-state index contributed by atoms with van der Waals surface area (Å²) in [6.07, 6.45) is -0.340. The van der Waals surface area contributed by atoms with E-state index >= 15 is 0 Å². The molecule has 12 heteroatoms. The van der Waals surface area contributed by atoms with Gasteiger partial charge in [0.2, 0.25) is 0 Å². The summed E-state index contributed by atoms with van der Waals surface area (Å²) in [5, 5.41) is 9.37. The zero-order valence-corrected chi connectivity index (χ0v) is 24.3. The van der Waals surface area contributed by atoms with Gasteiger partial charge in [-0.1, -0.05) is 23.7 Å². The van der Waals surface area contributed by atoms with Crippen LogP contribution < -0.4 is 15.0 Å². The Balaban J connectivity index is 1.69. The standard InChI is InChI=1S/C31H31ClF3NO7/c1-30(11-3-12-30)43-13-10-24(25(37)14-19-4-6-20(7-5-19)29(39)40)36-17-27(41-2)23(16-28(36)38)22-15-21(32)8-9-26(22)42-18-31(33,34)35/h4-9,15-17,24H,3,10-14,18H2,1-2H3,(H,39,40). The highest BCUT2D eigenvalue weighted by molar-refractivity contribution is 6.31. The van der Waals surface area contributed by atoms with E-state index in [-0.39, 0.29) is 64.0 Å². The Kier molecular flexibility index (Phi) is 9.86. The van der Waals surface area contributed by atoms with Crippen molar-refractivity contribution in [2.75, 3.05) is 20.3 Å². The summed E-state index contributed by atoms with van der Waals surface area (Å²) in [6, 6.07) is 10.1. The van der Waals surface area contributed by atoms with Crippen molar-refractivity contribution < 1.29 is 42.1 Å². The number of hydrogen-bond donors (Lipinski definition) is 1. The minimum Gasteiger partial charge on any atom is -0.495 e. The van der Waals surface area contributed by atoms with Crippen LogP contribution in [0, 0.1) is 0 Å². The maximum Gasteiger partial charge on any atom is 0.422 e. The monoisotopic (exact) mass is 621 g/mol. The van der Waals surface area contributed by atoms with E-state index in [2.05, 4.69) is 0 Å². The molecule has 0 bridgehead atoms. The van der Waals surface area contributed by atoms with E-state index in [1.807, 2.05) is 6.92 Å². The Bertz CT molecular complexity index is 1530. The molecule has 3 aromatic rings. The molecular formula is C31H31ClF3NO7. The fraction of sp³-hybridized carbons (Fsp3) is 0.387. The first-order valence-electron chi connectivity index (χ1n) is 13.6. The zero-order chi connectivity index (χ0) is 31.4. The number of pyridine rings is 1. The Hall–Kier alpha value is -3.83. The van der Waals surface area contributed by atoms with E-state index in [0.717, 1.165) is 19.3 Å². The van der Waals surface area contributed by atoms with Crippen LogP contribution in [-0.4, -0.2) is 53.5 Å². The number of alkyl halides is 3. The number of aromatic carboxylic acids is 1. The number of rotatable bonds is 13. The fourth-order valence-corrected chi connectivity index (χ4v) is 5.09. The smallest absolute Gasteiger partial charge is 0.422 e. The summed E-state index contributed by atoms with van der Waals surface area (Å²) >= 11 is 6.14. The van der Waals surface area contributed by atoms with Gasteiger partial charge in [0.25, 0.3) is 5.56 Å². The van der Waals surface area contributed by atoms with Gasteiger partial charge in [0.05, 0.1) is 30.5 Å². The molecule has 0 radical (unpaired) electrons. The third-order valence-corrected chi connectivity index (χ3v) is 7.66. The van der Waals surface area contributed by atoms with Gasteiger partial charge >= 0.3 is 12.1 Å². The lowest BCUT2D eigenvalue weighted by atomic mass is 9.82. The Morgan fingerprint density at radius 2 is 1.74 bits per heavy atom. The molecule has 43 heavy (non-hydrogen) atoms. The van der Waals surface area contributed by atoms with E-state index in [4.69, 9.17) is 30.9 Å². The summed E-state index contributed by atoms with van der Waals surface area (Å²) in [5.41, 5.74) is -0.00361. The molecule has 1 heterocycles. The molecule has 0 saturated heterocycles. The van der Waals surface area contributed by atoms with Gasteiger partial charge < -0.3 is 23.9 Å². The third kappa shape index (κ3) is 8.17. The highest BCUT2D eigenvalue weighted by Crippen LogP contribution is 2.39. The minimum absolute atomic E-state index is 0.0750. The number of hydrogen-bond acceptors (Lipinski definition) is 6. The molecule has 1 atom stereocenters. The first kappa shape index (κ1) is 32.1. The van der Waals surface area contributed by atoms with E-state index in [1.54, 1.807) is 12.1 Å². The number of Topliss-reactive ketones (excluding diaryl/α,β-unsaturated/α-hetero) is 1. The number of ketones is 1. The second-order valence-electron chi connectivity index (χ2n) is 10.6. The van der Waals surface area contributed by atoms with Crippen LogP contribution in [0.25, 0.3) is 11.1 Å². The molecule has 1 aromatic heterocycles. The van der Waals surface area contributed by atoms with E-state index in [1.165, 1.54) is 54.3 Å². The summed E-state index contributed by atoms with van der Waals surface area (Å²) in [5.74, 6) is -1.46. The van der Waals surface area contributed by atoms with Gasteiger partial charge in [-0.25, -0.2) is 4.79 Å². The molecule has 230 valence electrons. The van der Waals surface area contributed by atoms with Crippen molar-refractivity contribution in [3.8, 4) is 22.6 Å². The first-order chi connectivity index (χ1) is 20.3. The average molecular weight is 622 g/mol. The van der Waals surface area contributed by atoms with Crippen LogP contribution in [0.4, 0.5) is 13.2 Å². The molecule has 4 rings (SSSR count). The number of carboxylic acid groups (broad SMARTS) is 1. The molecule has 0 spiro atoms. The van der Waals surface area contributed by atoms with Gasteiger partial charge in [0.15, 0.2) is 12.4 Å². The van der Waals surface area contributed by atoms with Crippen molar-refractivity contribution in [1.82, 2.24) is 4.57 Å². The summed E-state index contributed by atoms with van der Waals surface area (Å²) in [6.45, 7) is 0.639. The molecule has 0 aliphatic heterocycles. The van der Waals surface area contributed by atoms with Crippen molar-refractivity contribution in [2.24, 2.45) is 0 Å². The van der Waals surface area contributed by atoms with Gasteiger partial charge in [0.1, 0.15) is 11.5 Å². The van der Waals surface area contributed by atoms with Crippen LogP contribution in [0.1, 0.15) is 54.6 Å². The number of halogens is 4. The predicted octanol–water partition coefficient (Wildman–Crippen LogP) is 6.52. The van der Waals surface area contributed by atoms with Crippen LogP contribution in [0.3, 0.4) is 0 Å². The van der Waals surface area contributed by atoms with Gasteiger partial charge in [-0.15, -0.1) is 0 Å². The van der Waals surface area contributed by atoms with Crippen molar-refractivity contribution in [1.29, 1.82) is 0 Å². The molecule has 1 N–H and O–H groups in total. The fourth-order valence-electron chi connectivity index (χ4n) is 4.92. The lowest BCUT2D eigenvalue weighted by Crippen LogP contribution is -2.38. The van der Waals surface area contributed by atoms with Crippen molar-refractivity contribution in [3.05, 3.63) is 81.2 Å². The van der Waals surface area contributed by atoms with Gasteiger partial charge in [-0.3, -0.25) is 9.59 Å². The van der Waals surface area contributed by atoms with Crippen molar-refractivity contribution in [3.63, 3.8) is 0 Å². The molecule has 1 aliphatic carbocycles. The van der Waals surface area contributed by atoms with Crippen LogP contribution >= 0.6 is 11.6 Å². The van der Waals surface area contributed by atoms with Crippen LogP contribution in [0.2, 0.25) is 5.02 Å². The maximum absolute atomic E-state index is 13.6. The van der Waals surface area contributed by atoms with E-state index in [9.17, 15) is 27.6 Å². The lowest BCUT2D eigenvalue weighted by molar-refractivity contribution is -0.153. The van der Waals surface area contributed by atoms with Crippen LogP contribution in [0.5, 0.6) is 11.5 Å². The quantitative estimate of drug-likeness (QED) is 0.232.